The van der Waals surface area contributed by atoms with Gasteiger partial charge in [0.25, 0.3) is 0 Å². The van der Waals surface area contributed by atoms with Crippen LogP contribution in [0.25, 0.3) is 11.4 Å². The van der Waals surface area contributed by atoms with E-state index in [4.69, 9.17) is 34.8 Å². The lowest BCUT2D eigenvalue weighted by molar-refractivity contribution is 0.628. The predicted octanol–water partition coefficient (Wildman–Crippen LogP) is 4.85. The second kappa shape index (κ2) is 5.22. The van der Waals surface area contributed by atoms with Crippen LogP contribution in [0.1, 0.15) is 0 Å². The van der Waals surface area contributed by atoms with Crippen molar-refractivity contribution in [3.63, 3.8) is 0 Å². The Morgan fingerprint density at radius 1 is 1.00 bits per heavy atom. The van der Waals surface area contributed by atoms with Crippen LogP contribution in [0, 0.1) is 9.39 Å². The molecule has 0 N–H and O–H groups in total. The van der Waals surface area contributed by atoms with Gasteiger partial charge >= 0.3 is 0 Å². The standard InChI is InChI=1S/C10H3Cl3FIN2/c11-5-1-4(2-6(14)3-5)10-16-8(12)7(15)9(13)17-10/h1-3H. The summed E-state index contributed by atoms with van der Waals surface area (Å²) in [6.07, 6.45) is 0. The Hall–Kier alpha value is -0.170. The van der Waals surface area contributed by atoms with Crippen molar-refractivity contribution in [2.24, 2.45) is 0 Å². The third kappa shape index (κ3) is 2.99. The van der Waals surface area contributed by atoms with Crippen molar-refractivity contribution in [2.75, 3.05) is 0 Å². The quantitative estimate of drug-likeness (QED) is 0.503. The van der Waals surface area contributed by atoms with E-state index in [1.165, 1.54) is 12.1 Å². The van der Waals surface area contributed by atoms with E-state index in [9.17, 15) is 4.39 Å². The topological polar surface area (TPSA) is 25.8 Å². The van der Waals surface area contributed by atoms with Gasteiger partial charge in [0.1, 0.15) is 16.1 Å². The van der Waals surface area contributed by atoms with Crippen LogP contribution in [-0.2, 0) is 0 Å². The fraction of sp³-hybridized carbons (Fsp3) is 0. The highest BCUT2D eigenvalue weighted by molar-refractivity contribution is 14.1. The maximum atomic E-state index is 13.2. The molecule has 0 saturated carbocycles. The summed E-state index contributed by atoms with van der Waals surface area (Å²) < 4.78 is 13.7. The number of benzene rings is 1. The first kappa shape index (κ1) is 13.3. The van der Waals surface area contributed by atoms with E-state index in [1.807, 2.05) is 22.6 Å². The molecule has 17 heavy (non-hydrogen) atoms. The van der Waals surface area contributed by atoms with Crippen LogP contribution < -0.4 is 0 Å². The van der Waals surface area contributed by atoms with Gasteiger partial charge in [-0.25, -0.2) is 14.4 Å². The summed E-state index contributed by atoms with van der Waals surface area (Å²) in [5.41, 5.74) is 0.426. The summed E-state index contributed by atoms with van der Waals surface area (Å²) in [6.45, 7) is 0. The highest BCUT2D eigenvalue weighted by Crippen LogP contribution is 2.28. The molecule has 0 fully saturated rings. The van der Waals surface area contributed by atoms with E-state index in [2.05, 4.69) is 9.97 Å². The normalized spacial score (nSPS) is 10.6. The second-order valence-electron chi connectivity index (χ2n) is 3.10. The summed E-state index contributed by atoms with van der Waals surface area (Å²) in [6, 6.07) is 4.00. The van der Waals surface area contributed by atoms with Gasteiger partial charge in [0.05, 0.1) is 3.57 Å². The molecule has 0 radical (unpaired) electrons. The molecule has 1 heterocycles. The van der Waals surface area contributed by atoms with Crippen LogP contribution in [0.2, 0.25) is 15.3 Å². The summed E-state index contributed by atoms with van der Waals surface area (Å²) in [5.74, 6) is -0.233. The highest BCUT2D eigenvalue weighted by atomic mass is 127. The van der Waals surface area contributed by atoms with Crippen LogP contribution in [0.3, 0.4) is 0 Å². The molecule has 2 aromatic rings. The van der Waals surface area contributed by atoms with Gasteiger partial charge in [0.15, 0.2) is 5.82 Å². The Kier molecular flexibility index (Phi) is 4.07. The minimum atomic E-state index is -0.470. The number of rotatable bonds is 1. The van der Waals surface area contributed by atoms with Crippen molar-refractivity contribution < 1.29 is 4.39 Å². The Morgan fingerprint density at radius 2 is 1.59 bits per heavy atom. The van der Waals surface area contributed by atoms with Gasteiger partial charge in [-0.2, -0.15) is 0 Å². The number of hydrogen-bond donors (Lipinski definition) is 0. The average molecular weight is 403 g/mol. The van der Waals surface area contributed by atoms with Gasteiger partial charge in [-0.3, -0.25) is 0 Å². The van der Waals surface area contributed by atoms with Gasteiger partial charge in [0.2, 0.25) is 0 Å². The van der Waals surface area contributed by atoms with E-state index in [1.54, 1.807) is 6.07 Å². The van der Waals surface area contributed by atoms with E-state index in [0.29, 0.717) is 9.13 Å². The predicted molar refractivity (Wildman–Crippen MR) is 75.2 cm³/mol. The monoisotopic (exact) mass is 402 g/mol. The zero-order chi connectivity index (χ0) is 12.6. The third-order valence-corrected chi connectivity index (χ3v) is 4.32. The zero-order valence-corrected chi connectivity index (χ0v) is 12.4. The minimum absolute atomic E-state index is 0.223. The van der Waals surface area contributed by atoms with Crippen molar-refractivity contribution in [3.05, 3.63) is 42.9 Å². The SMILES string of the molecule is Fc1cc(Cl)cc(-c2nc(Cl)c(I)c(Cl)n2)c1. The van der Waals surface area contributed by atoms with Crippen LogP contribution in [0.15, 0.2) is 18.2 Å². The Labute approximate surface area is 125 Å². The number of nitrogens with zero attached hydrogens (tertiary/aromatic N) is 2. The number of aromatic nitrogens is 2. The van der Waals surface area contributed by atoms with Crippen molar-refractivity contribution in [1.82, 2.24) is 9.97 Å². The van der Waals surface area contributed by atoms with Crippen molar-refractivity contribution in [2.45, 2.75) is 0 Å². The van der Waals surface area contributed by atoms with Crippen molar-refractivity contribution in [3.8, 4) is 11.4 Å². The fourth-order valence-electron chi connectivity index (χ4n) is 1.21. The molecule has 1 aromatic heterocycles. The molecular formula is C10H3Cl3FIN2. The van der Waals surface area contributed by atoms with E-state index >= 15 is 0 Å². The molecule has 88 valence electrons. The maximum absolute atomic E-state index is 13.2. The van der Waals surface area contributed by atoms with Gasteiger partial charge < -0.3 is 0 Å². The second-order valence-corrected chi connectivity index (χ2v) is 5.33. The Morgan fingerprint density at radius 3 is 2.12 bits per heavy atom. The molecule has 0 aliphatic rings. The van der Waals surface area contributed by atoms with Crippen molar-refractivity contribution in [1.29, 1.82) is 0 Å². The van der Waals surface area contributed by atoms with Crippen molar-refractivity contribution >= 4 is 57.4 Å². The lowest BCUT2D eigenvalue weighted by Crippen LogP contribution is -1.94. The number of halogens is 5. The molecule has 2 nitrogen and oxygen atoms in total. The van der Waals surface area contributed by atoms with Crippen LogP contribution in [0.5, 0.6) is 0 Å². The van der Waals surface area contributed by atoms with E-state index < -0.39 is 5.82 Å². The van der Waals surface area contributed by atoms with E-state index in [0.717, 1.165) is 0 Å². The van der Waals surface area contributed by atoms with Gasteiger partial charge in [-0.05, 0) is 40.8 Å². The van der Waals surface area contributed by atoms with Gasteiger partial charge in [-0.15, -0.1) is 0 Å². The first-order valence-electron chi connectivity index (χ1n) is 4.32. The molecule has 2 rings (SSSR count). The Bertz CT molecular complexity index is 549. The fourth-order valence-corrected chi connectivity index (χ4v) is 2.06. The first-order chi connectivity index (χ1) is 7.97. The van der Waals surface area contributed by atoms with Gasteiger partial charge in [-0.1, -0.05) is 34.8 Å². The van der Waals surface area contributed by atoms with Crippen LogP contribution in [-0.4, -0.2) is 9.97 Å². The van der Waals surface area contributed by atoms with Crippen LogP contribution in [0.4, 0.5) is 4.39 Å². The largest absolute Gasteiger partial charge is 0.215 e. The molecule has 0 bridgehead atoms. The third-order valence-electron chi connectivity index (χ3n) is 1.89. The highest BCUT2D eigenvalue weighted by Gasteiger charge is 2.11. The average Bonchev–Trinajstić information content (AvgIpc) is 2.23. The first-order valence-corrected chi connectivity index (χ1v) is 6.53. The maximum Gasteiger partial charge on any atom is 0.162 e. The van der Waals surface area contributed by atoms with E-state index in [-0.39, 0.29) is 21.2 Å². The molecule has 0 atom stereocenters. The molecule has 1 aromatic carbocycles. The molecule has 0 unspecified atom stereocenters. The summed E-state index contributed by atoms with van der Waals surface area (Å²) in [4.78, 5) is 8.05. The summed E-state index contributed by atoms with van der Waals surface area (Å²) in [5, 5.41) is 0.705. The molecule has 0 spiro atoms. The smallest absolute Gasteiger partial charge is 0.162 e. The molecule has 0 aliphatic heterocycles. The zero-order valence-electron chi connectivity index (χ0n) is 8.02. The summed E-state index contributed by atoms with van der Waals surface area (Å²) in [7, 11) is 0. The molecule has 0 saturated heterocycles. The molecule has 0 amide bonds. The molecule has 7 heteroatoms. The van der Waals surface area contributed by atoms with Gasteiger partial charge in [0, 0.05) is 10.6 Å². The molecule has 0 aliphatic carbocycles. The minimum Gasteiger partial charge on any atom is -0.215 e. The number of hydrogen-bond acceptors (Lipinski definition) is 2. The molecular weight excluding hydrogens is 400 g/mol. The Balaban J connectivity index is 2.60. The van der Waals surface area contributed by atoms with Crippen LogP contribution >= 0.6 is 57.4 Å². The lowest BCUT2D eigenvalue weighted by atomic mass is 10.2. The summed E-state index contributed by atoms with van der Waals surface area (Å²) >= 11 is 19.4. The lowest BCUT2D eigenvalue weighted by Gasteiger charge is -2.04.